The molecule has 2 aromatic rings. The van der Waals surface area contributed by atoms with Crippen LogP contribution in [0.1, 0.15) is 33.6 Å². The minimum Gasteiger partial charge on any atom is -0.474 e. The van der Waals surface area contributed by atoms with E-state index in [-0.39, 0.29) is 18.0 Å². The highest BCUT2D eigenvalue weighted by Gasteiger charge is 2.27. The molecule has 0 saturated carbocycles. The van der Waals surface area contributed by atoms with Crippen molar-refractivity contribution in [3.63, 3.8) is 0 Å². The number of benzene rings is 1. The van der Waals surface area contributed by atoms with Crippen LogP contribution in [0.3, 0.4) is 0 Å². The van der Waals surface area contributed by atoms with Crippen LogP contribution < -0.4 is 10.1 Å². The second-order valence-electron chi connectivity index (χ2n) is 8.00. The first-order valence-electron chi connectivity index (χ1n) is 9.81. The van der Waals surface area contributed by atoms with Crippen molar-refractivity contribution in [2.75, 3.05) is 24.7 Å². The fourth-order valence-electron chi connectivity index (χ4n) is 2.99. The van der Waals surface area contributed by atoms with Crippen molar-refractivity contribution in [2.24, 2.45) is 0 Å². The Labute approximate surface area is 180 Å². The molecule has 2 heterocycles. The number of rotatable bonds is 5. The van der Waals surface area contributed by atoms with Crippen LogP contribution in [-0.4, -0.2) is 52.0 Å². The number of anilines is 2. The minimum atomic E-state index is -0.510. The highest BCUT2D eigenvalue weighted by molar-refractivity contribution is 7.98. The molecule has 1 aromatic heterocycles. The number of hydrogen-bond donors (Lipinski definition) is 1. The van der Waals surface area contributed by atoms with Crippen molar-refractivity contribution in [3.05, 3.63) is 36.4 Å². The standard InChI is InChI=1S/C21H27FN4O3S/c1-21(2,3)29-20(27)26-9-7-14(8-10-26)28-19-12-18(23-13-24-19)25-17-6-5-15(30-4)11-16(17)22/h5-6,11-14H,7-10H2,1-4H3,(H,23,24,25). The largest absolute Gasteiger partial charge is 0.474 e. The van der Waals surface area contributed by atoms with Gasteiger partial charge in [0.05, 0.1) is 5.69 Å². The van der Waals surface area contributed by atoms with Gasteiger partial charge in [0.15, 0.2) is 0 Å². The van der Waals surface area contributed by atoms with Gasteiger partial charge in [-0.25, -0.2) is 19.2 Å². The maximum Gasteiger partial charge on any atom is 0.410 e. The number of halogens is 1. The first kappa shape index (κ1) is 22.1. The maximum absolute atomic E-state index is 14.2. The zero-order chi connectivity index (χ0) is 21.7. The molecule has 1 aromatic carbocycles. The van der Waals surface area contributed by atoms with Crippen molar-refractivity contribution in [1.29, 1.82) is 0 Å². The molecule has 3 rings (SSSR count). The summed E-state index contributed by atoms with van der Waals surface area (Å²) in [6, 6.07) is 6.63. The number of hydrogen-bond acceptors (Lipinski definition) is 7. The molecule has 0 unspecified atom stereocenters. The van der Waals surface area contributed by atoms with E-state index in [0.717, 1.165) is 4.90 Å². The van der Waals surface area contributed by atoms with E-state index >= 15 is 0 Å². The Morgan fingerprint density at radius 1 is 1.23 bits per heavy atom. The van der Waals surface area contributed by atoms with Gasteiger partial charge in [0.2, 0.25) is 5.88 Å². The van der Waals surface area contributed by atoms with E-state index in [4.69, 9.17) is 9.47 Å². The Balaban J connectivity index is 1.55. The summed E-state index contributed by atoms with van der Waals surface area (Å²) in [5.41, 5.74) is -0.174. The molecule has 1 N–H and O–H groups in total. The van der Waals surface area contributed by atoms with E-state index < -0.39 is 5.60 Å². The summed E-state index contributed by atoms with van der Waals surface area (Å²) >= 11 is 1.48. The highest BCUT2D eigenvalue weighted by Crippen LogP contribution is 2.25. The zero-order valence-corrected chi connectivity index (χ0v) is 18.5. The molecule has 0 aliphatic carbocycles. The number of nitrogens with one attached hydrogen (secondary N) is 1. The van der Waals surface area contributed by atoms with Gasteiger partial charge in [-0.3, -0.25) is 0 Å². The lowest BCUT2D eigenvalue weighted by molar-refractivity contribution is 0.0123. The summed E-state index contributed by atoms with van der Waals surface area (Å²) in [6.07, 6.45) is 4.26. The number of amides is 1. The number of ether oxygens (including phenoxy) is 2. The van der Waals surface area contributed by atoms with Crippen LogP contribution in [0.25, 0.3) is 0 Å². The number of carbonyl (C=O) groups excluding carboxylic acids is 1. The molecule has 1 aliphatic rings. The second-order valence-corrected chi connectivity index (χ2v) is 8.88. The Hall–Kier alpha value is -2.55. The fraction of sp³-hybridized carbons (Fsp3) is 0.476. The summed E-state index contributed by atoms with van der Waals surface area (Å²) in [5.74, 6) is 0.504. The van der Waals surface area contributed by atoms with E-state index in [1.165, 1.54) is 24.2 Å². The van der Waals surface area contributed by atoms with Crippen molar-refractivity contribution in [2.45, 2.75) is 50.2 Å². The van der Waals surface area contributed by atoms with Gasteiger partial charge in [-0.2, -0.15) is 0 Å². The topological polar surface area (TPSA) is 76.6 Å². The molecule has 1 aliphatic heterocycles. The molecule has 0 spiro atoms. The van der Waals surface area contributed by atoms with Crippen LogP contribution in [0.15, 0.2) is 35.5 Å². The average Bonchev–Trinajstić information content (AvgIpc) is 2.69. The molecule has 1 amide bonds. The quantitative estimate of drug-likeness (QED) is 0.674. The third-order valence-electron chi connectivity index (χ3n) is 4.46. The summed E-state index contributed by atoms with van der Waals surface area (Å²) in [5, 5.41) is 2.96. The molecule has 30 heavy (non-hydrogen) atoms. The monoisotopic (exact) mass is 434 g/mol. The Bertz CT molecular complexity index is 883. The van der Waals surface area contributed by atoms with Crippen molar-refractivity contribution >= 4 is 29.4 Å². The van der Waals surface area contributed by atoms with E-state index in [1.807, 2.05) is 33.1 Å². The van der Waals surface area contributed by atoms with Crippen molar-refractivity contribution in [3.8, 4) is 5.88 Å². The Kier molecular flexibility index (Phi) is 7.02. The average molecular weight is 435 g/mol. The van der Waals surface area contributed by atoms with Crippen LogP contribution in [0, 0.1) is 5.82 Å². The summed E-state index contributed by atoms with van der Waals surface area (Å²) in [7, 11) is 0. The van der Waals surface area contributed by atoms with Crippen LogP contribution in [0.5, 0.6) is 5.88 Å². The smallest absolute Gasteiger partial charge is 0.410 e. The fourth-order valence-corrected chi connectivity index (χ4v) is 3.41. The molecule has 7 nitrogen and oxygen atoms in total. The molecule has 9 heteroatoms. The van der Waals surface area contributed by atoms with Crippen LogP contribution >= 0.6 is 11.8 Å². The second kappa shape index (κ2) is 9.51. The van der Waals surface area contributed by atoms with Gasteiger partial charge in [0, 0.05) is 36.9 Å². The molecular formula is C21H27FN4O3S. The first-order chi connectivity index (χ1) is 14.2. The highest BCUT2D eigenvalue weighted by atomic mass is 32.2. The van der Waals surface area contributed by atoms with E-state index in [9.17, 15) is 9.18 Å². The van der Waals surface area contributed by atoms with Gasteiger partial charge in [0.1, 0.15) is 29.7 Å². The normalized spacial score (nSPS) is 15.0. The summed E-state index contributed by atoms with van der Waals surface area (Å²) < 4.78 is 25.6. The zero-order valence-electron chi connectivity index (χ0n) is 17.6. The number of thioether (sulfide) groups is 1. The van der Waals surface area contributed by atoms with Crippen molar-refractivity contribution in [1.82, 2.24) is 14.9 Å². The minimum absolute atomic E-state index is 0.0657. The van der Waals surface area contributed by atoms with E-state index in [1.54, 1.807) is 17.0 Å². The summed E-state index contributed by atoms with van der Waals surface area (Å²) in [4.78, 5) is 23.0. The van der Waals surface area contributed by atoms with Crippen molar-refractivity contribution < 1.29 is 18.7 Å². The maximum atomic E-state index is 14.2. The van der Waals surface area contributed by atoms with Crippen LogP contribution in [0.4, 0.5) is 20.7 Å². The molecule has 1 fully saturated rings. The van der Waals surface area contributed by atoms with Gasteiger partial charge in [-0.15, -0.1) is 11.8 Å². The molecule has 0 radical (unpaired) electrons. The lowest BCUT2D eigenvalue weighted by atomic mass is 10.1. The number of likely N-dealkylation sites (tertiary alicyclic amines) is 1. The number of carbonyl (C=O) groups is 1. The lowest BCUT2D eigenvalue weighted by Crippen LogP contribution is -2.44. The Morgan fingerprint density at radius 2 is 1.97 bits per heavy atom. The number of aromatic nitrogens is 2. The predicted octanol–water partition coefficient (Wildman–Crippen LogP) is 4.86. The number of nitrogens with zero attached hydrogens (tertiary/aromatic N) is 3. The molecule has 1 saturated heterocycles. The van der Waals surface area contributed by atoms with E-state index in [2.05, 4.69) is 15.3 Å². The SMILES string of the molecule is CSc1ccc(Nc2cc(OC3CCN(C(=O)OC(C)(C)C)CC3)ncn2)c(F)c1. The summed E-state index contributed by atoms with van der Waals surface area (Å²) in [6.45, 7) is 6.67. The Morgan fingerprint density at radius 3 is 2.60 bits per heavy atom. The van der Waals surface area contributed by atoms with Gasteiger partial charge in [-0.05, 0) is 45.2 Å². The van der Waals surface area contributed by atoms with Gasteiger partial charge < -0.3 is 19.7 Å². The lowest BCUT2D eigenvalue weighted by Gasteiger charge is -2.33. The molecular weight excluding hydrogens is 407 g/mol. The third kappa shape index (κ3) is 6.22. The molecule has 0 atom stereocenters. The third-order valence-corrected chi connectivity index (χ3v) is 5.19. The first-order valence-corrected chi connectivity index (χ1v) is 11.0. The predicted molar refractivity (Wildman–Crippen MR) is 115 cm³/mol. The molecule has 162 valence electrons. The van der Waals surface area contributed by atoms with Gasteiger partial charge in [-0.1, -0.05) is 0 Å². The number of piperidine rings is 1. The van der Waals surface area contributed by atoms with Crippen LogP contribution in [-0.2, 0) is 4.74 Å². The van der Waals surface area contributed by atoms with Gasteiger partial charge in [0.25, 0.3) is 0 Å². The molecule has 0 bridgehead atoms. The van der Waals surface area contributed by atoms with E-state index in [0.29, 0.717) is 43.3 Å². The van der Waals surface area contributed by atoms with Crippen LogP contribution in [0.2, 0.25) is 0 Å². The van der Waals surface area contributed by atoms with Gasteiger partial charge >= 0.3 is 6.09 Å².